The van der Waals surface area contributed by atoms with Gasteiger partial charge in [0.2, 0.25) is 0 Å². The van der Waals surface area contributed by atoms with Crippen LogP contribution in [0.4, 0.5) is 5.69 Å². The maximum atomic E-state index is 13.2. The Hall–Kier alpha value is -3.30. The Morgan fingerprint density at radius 2 is 2.06 bits per heavy atom. The number of aromatic nitrogens is 2. The van der Waals surface area contributed by atoms with E-state index in [-0.39, 0.29) is 12.5 Å². The Morgan fingerprint density at radius 1 is 1.23 bits per heavy atom. The summed E-state index contributed by atoms with van der Waals surface area (Å²) in [6.07, 6.45) is 1.43. The predicted octanol–water partition coefficient (Wildman–Crippen LogP) is 4.65. The number of hydrogen-bond donors (Lipinski definition) is 0. The van der Waals surface area contributed by atoms with Crippen molar-refractivity contribution in [2.24, 2.45) is 0 Å². The van der Waals surface area contributed by atoms with Crippen molar-refractivity contribution in [2.45, 2.75) is 46.3 Å². The number of carbonyl (C=O) groups excluding carboxylic acids is 2. The first-order valence-corrected chi connectivity index (χ1v) is 12.5. The van der Waals surface area contributed by atoms with Gasteiger partial charge in [-0.1, -0.05) is 13.0 Å². The number of ether oxygens (including phenoxy) is 3. The van der Waals surface area contributed by atoms with Crippen LogP contribution in [0.5, 0.6) is 5.75 Å². The number of amides is 1. The highest BCUT2D eigenvalue weighted by atomic mass is 32.1. The number of esters is 1. The molecule has 1 aliphatic rings. The quantitative estimate of drug-likeness (QED) is 0.315. The highest BCUT2D eigenvalue weighted by Gasteiger charge is 2.39. The minimum absolute atomic E-state index is 0.137. The van der Waals surface area contributed by atoms with E-state index in [1.165, 1.54) is 4.90 Å². The number of fused-ring (bicyclic) bond motifs is 1. The van der Waals surface area contributed by atoms with Crippen molar-refractivity contribution in [3.05, 3.63) is 47.5 Å². The van der Waals surface area contributed by atoms with E-state index in [2.05, 4.69) is 4.98 Å². The monoisotopic (exact) mass is 495 g/mol. The standard InChI is InChI=1S/C26H29N3O5S/c1-5-20(26(31)33-14-13-32-6-2)29-21-15-18(10-11-22(21)34-16(3)25(29)30)23-17(4)35-24(28-23)19-9-7-8-12-27-19/h7-12,15-16,20H,5-6,13-14H2,1-4H3. The van der Waals surface area contributed by atoms with Gasteiger partial charge in [0.25, 0.3) is 5.91 Å². The summed E-state index contributed by atoms with van der Waals surface area (Å²) in [5.41, 5.74) is 2.97. The van der Waals surface area contributed by atoms with Gasteiger partial charge in [0.15, 0.2) is 6.10 Å². The molecule has 0 bridgehead atoms. The Labute approximate surface area is 208 Å². The molecule has 0 aliphatic carbocycles. The number of aryl methyl sites for hydroxylation is 1. The first-order chi connectivity index (χ1) is 16.9. The molecule has 184 valence electrons. The third kappa shape index (κ3) is 5.21. The second-order valence-electron chi connectivity index (χ2n) is 8.08. The number of thiazole rings is 1. The molecule has 4 rings (SSSR count). The second kappa shape index (κ2) is 11.0. The second-order valence-corrected chi connectivity index (χ2v) is 9.28. The zero-order chi connectivity index (χ0) is 24.9. The summed E-state index contributed by atoms with van der Waals surface area (Å²) >= 11 is 1.56. The molecule has 0 radical (unpaired) electrons. The molecule has 1 amide bonds. The van der Waals surface area contributed by atoms with Crippen LogP contribution in [0.2, 0.25) is 0 Å². The van der Waals surface area contributed by atoms with Crippen molar-refractivity contribution in [3.63, 3.8) is 0 Å². The summed E-state index contributed by atoms with van der Waals surface area (Å²) in [6, 6.07) is 10.6. The van der Waals surface area contributed by atoms with Crippen molar-refractivity contribution >= 4 is 28.9 Å². The van der Waals surface area contributed by atoms with Gasteiger partial charge in [0, 0.05) is 23.2 Å². The lowest BCUT2D eigenvalue weighted by atomic mass is 10.0. The third-order valence-corrected chi connectivity index (χ3v) is 6.70. The van der Waals surface area contributed by atoms with Crippen LogP contribution in [-0.4, -0.2) is 53.8 Å². The molecule has 2 unspecified atom stereocenters. The van der Waals surface area contributed by atoms with Crippen molar-refractivity contribution in [1.29, 1.82) is 0 Å². The number of carbonyl (C=O) groups is 2. The molecular formula is C26H29N3O5S. The minimum Gasteiger partial charge on any atom is -0.479 e. The number of nitrogens with zero attached hydrogens (tertiary/aromatic N) is 3. The summed E-state index contributed by atoms with van der Waals surface area (Å²) in [5.74, 6) is -0.208. The van der Waals surface area contributed by atoms with Crippen molar-refractivity contribution in [2.75, 3.05) is 24.7 Å². The van der Waals surface area contributed by atoms with Crippen LogP contribution >= 0.6 is 11.3 Å². The van der Waals surface area contributed by atoms with E-state index < -0.39 is 18.1 Å². The summed E-state index contributed by atoms with van der Waals surface area (Å²) in [5, 5.41) is 0.818. The fourth-order valence-electron chi connectivity index (χ4n) is 3.99. The van der Waals surface area contributed by atoms with E-state index in [0.717, 1.165) is 26.8 Å². The molecule has 9 heteroatoms. The maximum Gasteiger partial charge on any atom is 0.329 e. The molecule has 2 aromatic heterocycles. The van der Waals surface area contributed by atoms with E-state index in [0.29, 0.717) is 31.1 Å². The molecular weight excluding hydrogens is 466 g/mol. The number of anilines is 1. The number of rotatable bonds is 9. The van der Waals surface area contributed by atoms with Gasteiger partial charge in [-0.15, -0.1) is 11.3 Å². The smallest absolute Gasteiger partial charge is 0.329 e. The molecule has 0 fully saturated rings. The number of pyridine rings is 1. The Kier molecular flexibility index (Phi) is 7.77. The van der Waals surface area contributed by atoms with Gasteiger partial charge >= 0.3 is 5.97 Å². The summed E-state index contributed by atoms with van der Waals surface area (Å²) in [4.78, 5) is 37.9. The van der Waals surface area contributed by atoms with E-state index in [1.807, 2.05) is 57.2 Å². The van der Waals surface area contributed by atoms with Crippen LogP contribution in [0.3, 0.4) is 0 Å². The fourth-order valence-corrected chi connectivity index (χ4v) is 4.90. The van der Waals surface area contributed by atoms with Crippen LogP contribution in [-0.2, 0) is 19.1 Å². The molecule has 1 aromatic carbocycles. The zero-order valence-electron chi connectivity index (χ0n) is 20.3. The highest BCUT2D eigenvalue weighted by Crippen LogP contribution is 2.41. The summed E-state index contributed by atoms with van der Waals surface area (Å²) < 4.78 is 16.5. The Morgan fingerprint density at radius 3 is 2.77 bits per heavy atom. The molecule has 35 heavy (non-hydrogen) atoms. The lowest BCUT2D eigenvalue weighted by Gasteiger charge is -2.37. The predicted molar refractivity (Wildman–Crippen MR) is 135 cm³/mol. The summed E-state index contributed by atoms with van der Waals surface area (Å²) in [6.45, 7) is 8.42. The van der Waals surface area contributed by atoms with Gasteiger partial charge in [-0.3, -0.25) is 14.7 Å². The molecule has 3 heterocycles. The topological polar surface area (TPSA) is 90.9 Å². The molecule has 3 aromatic rings. The third-order valence-electron chi connectivity index (χ3n) is 5.71. The SMILES string of the molecule is CCOCCOC(=O)C(CC)N1C(=O)C(C)Oc2ccc(-c3nc(-c4ccccn4)sc3C)cc21. The maximum absolute atomic E-state index is 13.2. The van der Waals surface area contributed by atoms with Crippen LogP contribution in [0.15, 0.2) is 42.6 Å². The number of hydrogen-bond acceptors (Lipinski definition) is 8. The molecule has 0 N–H and O–H groups in total. The fraction of sp³-hybridized carbons (Fsp3) is 0.385. The van der Waals surface area contributed by atoms with Crippen LogP contribution in [0.25, 0.3) is 22.0 Å². The number of benzene rings is 1. The lowest BCUT2D eigenvalue weighted by molar-refractivity contribution is -0.148. The minimum atomic E-state index is -0.773. The van der Waals surface area contributed by atoms with E-state index in [1.54, 1.807) is 24.5 Å². The molecule has 8 nitrogen and oxygen atoms in total. The van der Waals surface area contributed by atoms with Crippen LogP contribution in [0.1, 0.15) is 32.1 Å². The molecule has 2 atom stereocenters. The zero-order valence-corrected chi connectivity index (χ0v) is 21.1. The van der Waals surface area contributed by atoms with E-state index in [9.17, 15) is 9.59 Å². The van der Waals surface area contributed by atoms with E-state index in [4.69, 9.17) is 19.2 Å². The normalized spacial score (nSPS) is 15.9. The lowest BCUT2D eigenvalue weighted by Crippen LogP contribution is -2.53. The van der Waals surface area contributed by atoms with Crippen molar-refractivity contribution < 1.29 is 23.8 Å². The van der Waals surface area contributed by atoms with Gasteiger partial charge in [-0.2, -0.15) is 0 Å². The van der Waals surface area contributed by atoms with Crippen molar-refractivity contribution in [1.82, 2.24) is 9.97 Å². The molecule has 1 aliphatic heterocycles. The van der Waals surface area contributed by atoms with Gasteiger partial charge < -0.3 is 14.2 Å². The van der Waals surface area contributed by atoms with Crippen LogP contribution in [0, 0.1) is 6.92 Å². The Balaban J connectivity index is 1.68. The van der Waals surface area contributed by atoms with Gasteiger partial charge in [0.05, 0.1) is 23.7 Å². The Bertz CT molecular complexity index is 1200. The average Bonchev–Trinajstić information content (AvgIpc) is 3.26. The molecule has 0 saturated carbocycles. The van der Waals surface area contributed by atoms with Gasteiger partial charge in [-0.05, 0) is 57.5 Å². The first kappa shape index (κ1) is 24.8. The molecule has 0 spiro atoms. The average molecular weight is 496 g/mol. The van der Waals surface area contributed by atoms with Crippen molar-refractivity contribution in [3.8, 4) is 27.7 Å². The van der Waals surface area contributed by atoms with Gasteiger partial charge in [0.1, 0.15) is 23.4 Å². The largest absolute Gasteiger partial charge is 0.479 e. The first-order valence-electron chi connectivity index (χ1n) is 11.7. The van der Waals surface area contributed by atoms with Gasteiger partial charge in [-0.25, -0.2) is 9.78 Å². The van der Waals surface area contributed by atoms with Crippen LogP contribution < -0.4 is 9.64 Å². The molecule has 0 saturated heterocycles. The highest BCUT2D eigenvalue weighted by molar-refractivity contribution is 7.15. The summed E-state index contributed by atoms with van der Waals surface area (Å²) in [7, 11) is 0. The van der Waals surface area contributed by atoms with E-state index >= 15 is 0 Å².